The van der Waals surface area contributed by atoms with Gasteiger partial charge in [0, 0.05) is 18.0 Å². The van der Waals surface area contributed by atoms with Gasteiger partial charge in [0.25, 0.3) is 5.91 Å². The van der Waals surface area contributed by atoms with E-state index in [1.165, 1.54) is 23.6 Å². The summed E-state index contributed by atoms with van der Waals surface area (Å²) in [7, 11) is 0. The van der Waals surface area contributed by atoms with E-state index in [0.29, 0.717) is 6.54 Å². The minimum absolute atomic E-state index is 0. The van der Waals surface area contributed by atoms with Crippen LogP contribution in [0.5, 0.6) is 0 Å². The molecular formula is C15H16ClF2N3OS. The Hall–Kier alpha value is -1.57. The molecule has 1 unspecified atom stereocenters. The predicted octanol–water partition coefficient (Wildman–Crippen LogP) is 2.99. The predicted molar refractivity (Wildman–Crippen MR) is 88.1 cm³/mol. The maximum atomic E-state index is 13.7. The van der Waals surface area contributed by atoms with Gasteiger partial charge in [0.15, 0.2) is 0 Å². The molecule has 1 aromatic heterocycles. The van der Waals surface area contributed by atoms with E-state index in [1.54, 1.807) is 0 Å². The van der Waals surface area contributed by atoms with Gasteiger partial charge in [0.05, 0.1) is 5.56 Å². The third-order valence-electron chi connectivity index (χ3n) is 3.58. The lowest BCUT2D eigenvalue weighted by atomic mass is 10.2. The zero-order valence-corrected chi connectivity index (χ0v) is 13.8. The number of nitrogens with one attached hydrogen (secondary N) is 2. The molecule has 2 heterocycles. The Balaban J connectivity index is 0.00000192. The Labute approximate surface area is 142 Å². The fourth-order valence-corrected chi connectivity index (χ4v) is 3.28. The summed E-state index contributed by atoms with van der Waals surface area (Å²) in [6, 6.07) is 3.92. The molecule has 124 valence electrons. The average molecular weight is 360 g/mol. The zero-order valence-electron chi connectivity index (χ0n) is 12.1. The molecular weight excluding hydrogens is 344 g/mol. The molecule has 0 radical (unpaired) electrons. The number of halogens is 3. The molecule has 0 bridgehead atoms. The van der Waals surface area contributed by atoms with Crippen LogP contribution in [0.25, 0.3) is 10.6 Å². The molecule has 1 amide bonds. The first kappa shape index (κ1) is 17.8. The monoisotopic (exact) mass is 359 g/mol. The highest BCUT2D eigenvalue weighted by molar-refractivity contribution is 7.13. The topological polar surface area (TPSA) is 54.0 Å². The van der Waals surface area contributed by atoms with Crippen LogP contribution in [0.2, 0.25) is 0 Å². The lowest BCUT2D eigenvalue weighted by molar-refractivity contribution is 0.0946. The number of benzene rings is 1. The van der Waals surface area contributed by atoms with Crippen LogP contribution < -0.4 is 10.6 Å². The first-order valence-corrected chi connectivity index (χ1v) is 7.94. The highest BCUT2D eigenvalue weighted by Gasteiger charge is 2.19. The maximum absolute atomic E-state index is 13.7. The quantitative estimate of drug-likeness (QED) is 0.882. The number of amides is 1. The van der Waals surface area contributed by atoms with Crippen molar-refractivity contribution < 1.29 is 13.6 Å². The van der Waals surface area contributed by atoms with E-state index >= 15 is 0 Å². The van der Waals surface area contributed by atoms with E-state index in [9.17, 15) is 13.6 Å². The van der Waals surface area contributed by atoms with Crippen molar-refractivity contribution in [1.29, 1.82) is 0 Å². The lowest BCUT2D eigenvalue weighted by Crippen LogP contribution is -2.37. The van der Waals surface area contributed by atoms with Crippen molar-refractivity contribution in [3.63, 3.8) is 0 Å². The van der Waals surface area contributed by atoms with Gasteiger partial charge in [-0.25, -0.2) is 13.8 Å². The van der Waals surface area contributed by atoms with Crippen molar-refractivity contribution in [2.45, 2.75) is 18.9 Å². The summed E-state index contributed by atoms with van der Waals surface area (Å²) < 4.78 is 27.4. The molecule has 3 rings (SSSR count). The largest absolute Gasteiger partial charge is 0.349 e. The fourth-order valence-electron chi connectivity index (χ4n) is 2.43. The standard InChI is InChI=1S/C15H15F2N3OS.ClH/c16-10-4-1-5-11(17)13(10)15-20-12(8-22-15)14(21)19-7-9-3-2-6-18-9;/h1,4-5,8-9,18H,2-3,6-7H2,(H,19,21);1H. The zero-order chi connectivity index (χ0) is 15.5. The SMILES string of the molecule is Cl.O=C(NCC1CCCN1)c1csc(-c2c(F)cccc2F)n1. The van der Waals surface area contributed by atoms with Crippen LogP contribution in [0.1, 0.15) is 23.3 Å². The van der Waals surface area contributed by atoms with Gasteiger partial charge in [0.1, 0.15) is 22.3 Å². The number of rotatable bonds is 4. The van der Waals surface area contributed by atoms with Crippen molar-refractivity contribution >= 4 is 29.7 Å². The molecule has 1 aromatic carbocycles. The van der Waals surface area contributed by atoms with Crippen LogP contribution in [0.4, 0.5) is 8.78 Å². The molecule has 2 N–H and O–H groups in total. The van der Waals surface area contributed by atoms with Crippen LogP contribution in [0, 0.1) is 11.6 Å². The van der Waals surface area contributed by atoms with Crippen LogP contribution in [-0.4, -0.2) is 30.0 Å². The average Bonchev–Trinajstić information content (AvgIpc) is 3.16. The van der Waals surface area contributed by atoms with Gasteiger partial charge in [-0.1, -0.05) is 6.07 Å². The fraction of sp³-hybridized carbons (Fsp3) is 0.333. The van der Waals surface area contributed by atoms with Crippen molar-refractivity contribution in [3.05, 3.63) is 40.9 Å². The number of aromatic nitrogens is 1. The van der Waals surface area contributed by atoms with Crippen molar-refractivity contribution in [1.82, 2.24) is 15.6 Å². The van der Waals surface area contributed by atoms with Gasteiger partial charge >= 0.3 is 0 Å². The van der Waals surface area contributed by atoms with Crippen LogP contribution >= 0.6 is 23.7 Å². The van der Waals surface area contributed by atoms with Crippen LogP contribution in [0.15, 0.2) is 23.6 Å². The van der Waals surface area contributed by atoms with Crippen molar-refractivity contribution in [2.75, 3.05) is 13.1 Å². The third kappa shape index (κ3) is 4.04. The Morgan fingerprint density at radius 3 is 2.78 bits per heavy atom. The number of carbonyl (C=O) groups excluding carboxylic acids is 1. The summed E-state index contributed by atoms with van der Waals surface area (Å²) in [5.41, 5.74) is -0.00957. The number of hydrogen-bond donors (Lipinski definition) is 2. The molecule has 1 atom stereocenters. The molecule has 23 heavy (non-hydrogen) atoms. The van der Waals surface area contributed by atoms with Gasteiger partial charge in [0.2, 0.25) is 0 Å². The van der Waals surface area contributed by atoms with Crippen molar-refractivity contribution in [2.24, 2.45) is 0 Å². The van der Waals surface area contributed by atoms with E-state index in [4.69, 9.17) is 0 Å². The van der Waals surface area contributed by atoms with E-state index in [1.807, 2.05) is 0 Å². The summed E-state index contributed by atoms with van der Waals surface area (Å²) in [5, 5.41) is 7.75. The minimum atomic E-state index is -0.684. The highest BCUT2D eigenvalue weighted by atomic mass is 35.5. The summed E-state index contributed by atoms with van der Waals surface area (Å²) >= 11 is 1.05. The second kappa shape index (κ2) is 7.81. The van der Waals surface area contributed by atoms with Crippen molar-refractivity contribution in [3.8, 4) is 10.6 Å². The van der Waals surface area contributed by atoms with Gasteiger partial charge in [-0.05, 0) is 31.5 Å². The number of hydrogen-bond acceptors (Lipinski definition) is 4. The summed E-state index contributed by atoms with van der Waals surface area (Å²) in [5.74, 6) is -1.69. The lowest BCUT2D eigenvalue weighted by Gasteiger charge is -2.10. The molecule has 0 saturated carbocycles. The smallest absolute Gasteiger partial charge is 0.270 e. The summed E-state index contributed by atoms with van der Waals surface area (Å²) in [6.07, 6.45) is 2.14. The van der Waals surface area contributed by atoms with Gasteiger partial charge < -0.3 is 10.6 Å². The van der Waals surface area contributed by atoms with Gasteiger partial charge in [-0.2, -0.15) is 0 Å². The van der Waals surface area contributed by atoms with Gasteiger partial charge in [-0.3, -0.25) is 4.79 Å². The Kier molecular flexibility index (Phi) is 6.04. The normalized spacial score (nSPS) is 16.9. The van der Waals surface area contributed by atoms with E-state index in [2.05, 4.69) is 15.6 Å². The van der Waals surface area contributed by atoms with Crippen LogP contribution in [-0.2, 0) is 0 Å². The van der Waals surface area contributed by atoms with E-state index in [0.717, 1.165) is 30.7 Å². The minimum Gasteiger partial charge on any atom is -0.349 e. The van der Waals surface area contributed by atoms with Crippen LogP contribution in [0.3, 0.4) is 0 Å². The molecule has 4 nitrogen and oxygen atoms in total. The number of carbonyl (C=O) groups is 1. The second-order valence-corrected chi connectivity index (χ2v) is 6.00. The van der Waals surface area contributed by atoms with E-state index in [-0.39, 0.29) is 40.6 Å². The Morgan fingerprint density at radius 1 is 1.39 bits per heavy atom. The molecule has 1 saturated heterocycles. The third-order valence-corrected chi connectivity index (χ3v) is 4.44. The first-order chi connectivity index (χ1) is 10.6. The maximum Gasteiger partial charge on any atom is 0.270 e. The molecule has 1 aliphatic heterocycles. The number of thiazole rings is 1. The molecule has 1 aliphatic rings. The molecule has 0 aliphatic carbocycles. The molecule has 2 aromatic rings. The molecule has 0 spiro atoms. The Bertz CT molecular complexity index is 669. The summed E-state index contributed by atoms with van der Waals surface area (Å²) in [6.45, 7) is 1.49. The Morgan fingerprint density at radius 2 is 2.13 bits per heavy atom. The second-order valence-electron chi connectivity index (χ2n) is 5.14. The molecule has 1 fully saturated rings. The van der Waals surface area contributed by atoms with Gasteiger partial charge in [-0.15, -0.1) is 23.7 Å². The highest BCUT2D eigenvalue weighted by Crippen LogP contribution is 2.28. The summed E-state index contributed by atoms with van der Waals surface area (Å²) in [4.78, 5) is 16.1. The molecule has 8 heteroatoms. The number of nitrogens with zero attached hydrogens (tertiary/aromatic N) is 1. The van der Waals surface area contributed by atoms with E-state index < -0.39 is 11.6 Å². The first-order valence-electron chi connectivity index (χ1n) is 7.06.